The average molecular weight is 232 g/mol. The highest BCUT2D eigenvalue weighted by atomic mass is 16.5. The van der Waals surface area contributed by atoms with Crippen molar-refractivity contribution in [3.05, 3.63) is 41.8 Å². The molecule has 0 aliphatic rings. The molecule has 2 aromatic rings. The first-order valence-corrected chi connectivity index (χ1v) is 5.62. The molecular weight excluding hydrogens is 216 g/mol. The van der Waals surface area contributed by atoms with Crippen LogP contribution in [0.5, 0.6) is 0 Å². The molecule has 0 bridgehead atoms. The summed E-state index contributed by atoms with van der Waals surface area (Å²) >= 11 is 0. The van der Waals surface area contributed by atoms with Crippen LogP contribution < -0.4 is 5.73 Å². The summed E-state index contributed by atoms with van der Waals surface area (Å²) in [6.07, 6.45) is 4.88. The van der Waals surface area contributed by atoms with Gasteiger partial charge in [-0.3, -0.25) is 4.98 Å². The minimum absolute atomic E-state index is 0.485. The zero-order chi connectivity index (χ0) is 12.3. The van der Waals surface area contributed by atoms with E-state index in [1.165, 1.54) is 0 Å². The number of hydrogen-bond donors (Lipinski definition) is 1. The van der Waals surface area contributed by atoms with Gasteiger partial charge in [0.1, 0.15) is 0 Å². The summed E-state index contributed by atoms with van der Waals surface area (Å²) in [6, 6.07) is 3.86. The molecule has 2 heterocycles. The second-order valence-electron chi connectivity index (χ2n) is 4.32. The predicted molar refractivity (Wildman–Crippen MR) is 63.2 cm³/mol. The van der Waals surface area contributed by atoms with E-state index in [0.29, 0.717) is 18.1 Å². The summed E-state index contributed by atoms with van der Waals surface area (Å²) in [5.41, 5.74) is 6.53. The Morgan fingerprint density at radius 3 is 2.94 bits per heavy atom. The standard InChI is InChI=1S/C12H16N4O/c1-3-12(2,13)11-15-10(16-17-11)7-9-5-4-6-14-8-9/h4-6,8H,3,7,13H2,1-2H3. The van der Waals surface area contributed by atoms with Crippen LogP contribution in [0.4, 0.5) is 0 Å². The summed E-state index contributed by atoms with van der Waals surface area (Å²) < 4.78 is 5.19. The number of aromatic nitrogens is 3. The molecular formula is C12H16N4O. The van der Waals surface area contributed by atoms with E-state index in [-0.39, 0.29) is 0 Å². The number of nitrogens with zero attached hydrogens (tertiary/aromatic N) is 3. The second kappa shape index (κ2) is 4.63. The molecule has 2 aromatic heterocycles. The van der Waals surface area contributed by atoms with Gasteiger partial charge in [0.25, 0.3) is 0 Å². The van der Waals surface area contributed by atoms with Crippen LogP contribution in [0.15, 0.2) is 29.0 Å². The minimum atomic E-state index is -0.555. The molecule has 1 unspecified atom stereocenters. The van der Waals surface area contributed by atoms with Crippen molar-refractivity contribution >= 4 is 0 Å². The fraction of sp³-hybridized carbons (Fsp3) is 0.417. The molecule has 0 fully saturated rings. The third kappa shape index (κ3) is 2.68. The molecule has 0 saturated carbocycles. The molecule has 0 amide bonds. The Kier molecular flexibility index (Phi) is 3.19. The molecule has 5 nitrogen and oxygen atoms in total. The fourth-order valence-electron chi connectivity index (χ4n) is 1.39. The molecule has 0 aliphatic heterocycles. The van der Waals surface area contributed by atoms with Crippen LogP contribution in [-0.4, -0.2) is 15.1 Å². The molecule has 17 heavy (non-hydrogen) atoms. The van der Waals surface area contributed by atoms with Crippen molar-refractivity contribution in [3.63, 3.8) is 0 Å². The SMILES string of the molecule is CCC(C)(N)c1nc(Cc2cccnc2)no1. The molecule has 1 atom stereocenters. The summed E-state index contributed by atoms with van der Waals surface area (Å²) in [5.74, 6) is 1.12. The lowest BCUT2D eigenvalue weighted by Gasteiger charge is -2.16. The van der Waals surface area contributed by atoms with E-state index in [4.69, 9.17) is 10.3 Å². The summed E-state index contributed by atoms with van der Waals surface area (Å²) in [6.45, 7) is 3.87. The van der Waals surface area contributed by atoms with Crippen molar-refractivity contribution < 1.29 is 4.52 Å². The van der Waals surface area contributed by atoms with E-state index in [1.807, 2.05) is 26.0 Å². The van der Waals surface area contributed by atoms with Crippen molar-refractivity contribution in [1.29, 1.82) is 0 Å². The van der Waals surface area contributed by atoms with E-state index >= 15 is 0 Å². The zero-order valence-electron chi connectivity index (χ0n) is 10.1. The zero-order valence-corrected chi connectivity index (χ0v) is 10.1. The van der Waals surface area contributed by atoms with Crippen molar-refractivity contribution in [2.75, 3.05) is 0 Å². The maximum atomic E-state index is 6.04. The first-order valence-electron chi connectivity index (χ1n) is 5.62. The van der Waals surface area contributed by atoms with Crippen LogP contribution in [0.25, 0.3) is 0 Å². The number of nitrogens with two attached hydrogens (primary N) is 1. The Bertz CT molecular complexity index is 478. The summed E-state index contributed by atoms with van der Waals surface area (Å²) in [5, 5.41) is 3.93. The normalized spacial score (nSPS) is 14.5. The van der Waals surface area contributed by atoms with Gasteiger partial charge in [-0.05, 0) is 25.0 Å². The van der Waals surface area contributed by atoms with Crippen LogP contribution >= 0.6 is 0 Å². The molecule has 0 saturated heterocycles. The molecule has 5 heteroatoms. The highest BCUT2D eigenvalue weighted by molar-refractivity contribution is 5.14. The van der Waals surface area contributed by atoms with Crippen molar-refractivity contribution in [3.8, 4) is 0 Å². The largest absolute Gasteiger partial charge is 0.337 e. The first kappa shape index (κ1) is 11.7. The summed E-state index contributed by atoms with van der Waals surface area (Å²) in [7, 11) is 0. The van der Waals surface area contributed by atoms with Gasteiger partial charge >= 0.3 is 0 Å². The maximum absolute atomic E-state index is 6.04. The monoisotopic (exact) mass is 232 g/mol. The van der Waals surface area contributed by atoms with Gasteiger partial charge in [0.05, 0.1) is 5.54 Å². The molecule has 90 valence electrons. The van der Waals surface area contributed by atoms with Crippen LogP contribution in [0.3, 0.4) is 0 Å². The first-order chi connectivity index (χ1) is 8.12. The van der Waals surface area contributed by atoms with E-state index in [9.17, 15) is 0 Å². The third-order valence-electron chi connectivity index (χ3n) is 2.78. The van der Waals surface area contributed by atoms with Crippen molar-refractivity contribution in [2.24, 2.45) is 5.73 Å². The van der Waals surface area contributed by atoms with Gasteiger partial charge in [0.15, 0.2) is 5.82 Å². The minimum Gasteiger partial charge on any atom is -0.337 e. The molecule has 2 N–H and O–H groups in total. The highest BCUT2D eigenvalue weighted by Gasteiger charge is 2.26. The van der Waals surface area contributed by atoms with E-state index in [2.05, 4.69) is 15.1 Å². The Morgan fingerprint density at radius 2 is 2.29 bits per heavy atom. The van der Waals surface area contributed by atoms with Crippen LogP contribution in [0, 0.1) is 0 Å². The molecule has 2 rings (SSSR count). The number of hydrogen-bond acceptors (Lipinski definition) is 5. The lowest BCUT2D eigenvalue weighted by atomic mass is 10.0. The Labute approximate surface area is 100 Å². The molecule has 0 radical (unpaired) electrons. The van der Waals surface area contributed by atoms with E-state index < -0.39 is 5.54 Å². The van der Waals surface area contributed by atoms with Crippen LogP contribution in [0.1, 0.15) is 37.5 Å². The van der Waals surface area contributed by atoms with Gasteiger partial charge in [0.2, 0.25) is 5.89 Å². The lowest BCUT2D eigenvalue weighted by molar-refractivity contribution is 0.290. The van der Waals surface area contributed by atoms with Gasteiger partial charge in [-0.25, -0.2) is 0 Å². The Balaban J connectivity index is 2.14. The number of pyridine rings is 1. The van der Waals surface area contributed by atoms with Gasteiger partial charge in [-0.2, -0.15) is 4.98 Å². The lowest BCUT2D eigenvalue weighted by Crippen LogP contribution is -2.32. The maximum Gasteiger partial charge on any atom is 0.246 e. The van der Waals surface area contributed by atoms with Crippen LogP contribution in [0.2, 0.25) is 0 Å². The smallest absolute Gasteiger partial charge is 0.246 e. The average Bonchev–Trinajstić information content (AvgIpc) is 2.80. The van der Waals surface area contributed by atoms with Gasteiger partial charge in [-0.1, -0.05) is 18.1 Å². The van der Waals surface area contributed by atoms with Gasteiger partial charge in [-0.15, -0.1) is 0 Å². The molecule has 0 spiro atoms. The second-order valence-corrected chi connectivity index (χ2v) is 4.32. The summed E-state index contributed by atoms with van der Waals surface area (Å²) in [4.78, 5) is 8.36. The molecule has 0 aromatic carbocycles. The van der Waals surface area contributed by atoms with E-state index in [0.717, 1.165) is 12.0 Å². The molecule has 0 aliphatic carbocycles. The predicted octanol–water partition coefficient (Wildman–Crippen LogP) is 1.64. The number of rotatable bonds is 4. The fourth-order valence-corrected chi connectivity index (χ4v) is 1.39. The van der Waals surface area contributed by atoms with Crippen molar-refractivity contribution in [2.45, 2.75) is 32.2 Å². The highest BCUT2D eigenvalue weighted by Crippen LogP contribution is 2.19. The van der Waals surface area contributed by atoms with Gasteiger partial charge in [0, 0.05) is 18.8 Å². The third-order valence-corrected chi connectivity index (χ3v) is 2.78. The van der Waals surface area contributed by atoms with Crippen LogP contribution in [-0.2, 0) is 12.0 Å². The Hall–Kier alpha value is -1.75. The van der Waals surface area contributed by atoms with Crippen molar-refractivity contribution in [1.82, 2.24) is 15.1 Å². The quantitative estimate of drug-likeness (QED) is 0.867. The topological polar surface area (TPSA) is 77.8 Å². The Morgan fingerprint density at radius 1 is 1.47 bits per heavy atom. The van der Waals surface area contributed by atoms with Gasteiger partial charge < -0.3 is 10.3 Å². The van der Waals surface area contributed by atoms with E-state index in [1.54, 1.807) is 12.4 Å².